The predicted octanol–water partition coefficient (Wildman–Crippen LogP) is 7.21. The van der Waals surface area contributed by atoms with Gasteiger partial charge in [0.1, 0.15) is 12.7 Å². The lowest BCUT2D eigenvalue weighted by atomic mass is 9.76. The quantitative estimate of drug-likeness (QED) is 0.138. The molecule has 0 radical (unpaired) electrons. The summed E-state index contributed by atoms with van der Waals surface area (Å²) in [6.07, 6.45) is 3.72. The first-order valence-corrected chi connectivity index (χ1v) is 17.7. The van der Waals surface area contributed by atoms with Gasteiger partial charge in [0.05, 0.1) is 18.8 Å². The normalized spacial score (nSPS) is 24.5. The van der Waals surface area contributed by atoms with E-state index in [9.17, 15) is 19.5 Å². The second-order valence-electron chi connectivity index (χ2n) is 13.7. The summed E-state index contributed by atoms with van der Waals surface area (Å²) in [7, 11) is -1.79. The number of Topliss-reactive ketones (excluding diaryl/α,β-unsaturated/α-hetero) is 1. The molecule has 39 heavy (non-hydrogen) atoms. The minimum Gasteiger partial charge on any atom is -0.466 e. The highest BCUT2D eigenvalue weighted by molar-refractivity contribution is 6.74. The highest BCUT2D eigenvalue weighted by Crippen LogP contribution is 2.42. The molecule has 0 saturated heterocycles. The molecular weight excluding hydrogens is 508 g/mol. The third kappa shape index (κ3) is 10.1. The number of allylic oxidation sites excluding steroid dienone is 2. The Kier molecular flexibility index (Phi) is 13.5. The van der Waals surface area contributed by atoms with Crippen LogP contribution in [-0.4, -0.2) is 50.3 Å². The first-order chi connectivity index (χ1) is 17.9. The second-order valence-corrected chi connectivity index (χ2v) is 18.4. The smallest absolute Gasteiger partial charge is 0.313 e. The molecule has 2 aliphatic carbocycles. The molecule has 7 heteroatoms. The summed E-state index contributed by atoms with van der Waals surface area (Å²) in [6, 6.07) is 0. The summed E-state index contributed by atoms with van der Waals surface area (Å²) in [5.41, 5.74) is 3.47. The Morgan fingerprint density at radius 2 is 1.54 bits per heavy atom. The van der Waals surface area contributed by atoms with Crippen LogP contribution in [0.4, 0.5) is 0 Å². The maximum Gasteiger partial charge on any atom is 0.313 e. The van der Waals surface area contributed by atoms with Crippen LogP contribution in [0.1, 0.15) is 101 Å². The van der Waals surface area contributed by atoms with Gasteiger partial charge < -0.3 is 14.3 Å². The van der Waals surface area contributed by atoms with Crippen molar-refractivity contribution in [3.05, 3.63) is 22.3 Å². The van der Waals surface area contributed by atoms with Crippen LogP contribution in [0.3, 0.4) is 0 Å². The average molecular weight is 565 g/mol. The fourth-order valence-corrected chi connectivity index (χ4v) is 6.30. The lowest BCUT2D eigenvalue weighted by Crippen LogP contribution is -2.45. The molecule has 0 unspecified atom stereocenters. The van der Waals surface area contributed by atoms with Gasteiger partial charge in [-0.2, -0.15) is 0 Å². The molecule has 0 aromatic rings. The molecular formula is C32H56O6Si. The maximum absolute atomic E-state index is 12.1. The Hall–Kier alpha value is -1.57. The standard InChI is InChI=1S/C17H32O2Si.C15H24O4/c1-12(2)14-9-15(11-18)13(3)16(10-14)19-20(7,8)17(4,5)6;1-5-19-15(18)8-14(17)12-6-11(9(2)3)7-13(16)10(12)4/h11-12,14,16H,9-10H2,1-8H3;9,11,13,16H,5-8H2,1-4H3/t14-,16-;11-,13-/m00/s1. The van der Waals surface area contributed by atoms with E-state index < -0.39 is 20.4 Å². The zero-order valence-corrected chi connectivity index (χ0v) is 27.8. The fraction of sp³-hybridized carbons (Fsp3) is 0.781. The zero-order chi connectivity index (χ0) is 30.3. The Labute approximate surface area is 239 Å². The van der Waals surface area contributed by atoms with E-state index in [4.69, 9.17) is 9.16 Å². The minimum atomic E-state index is -1.79. The summed E-state index contributed by atoms with van der Waals surface area (Å²) in [5.74, 6) is 1.17. The van der Waals surface area contributed by atoms with Crippen molar-refractivity contribution >= 4 is 26.4 Å². The van der Waals surface area contributed by atoms with Crippen molar-refractivity contribution in [1.29, 1.82) is 0 Å². The number of carbonyl (C=O) groups is 3. The Bertz CT molecular complexity index is 921. The number of aldehydes is 1. The summed E-state index contributed by atoms with van der Waals surface area (Å²) >= 11 is 0. The van der Waals surface area contributed by atoms with E-state index in [1.807, 2.05) is 0 Å². The van der Waals surface area contributed by atoms with E-state index in [0.29, 0.717) is 47.7 Å². The molecule has 0 heterocycles. The number of ketones is 1. The Morgan fingerprint density at radius 1 is 1.00 bits per heavy atom. The van der Waals surface area contributed by atoms with Gasteiger partial charge in [-0.15, -0.1) is 0 Å². The highest BCUT2D eigenvalue weighted by atomic mass is 28.4. The summed E-state index contributed by atoms with van der Waals surface area (Å²) in [5, 5.41) is 10.2. The van der Waals surface area contributed by atoms with Crippen molar-refractivity contribution in [2.24, 2.45) is 23.7 Å². The van der Waals surface area contributed by atoms with Crippen LogP contribution < -0.4 is 0 Å². The van der Waals surface area contributed by atoms with Gasteiger partial charge in [0.25, 0.3) is 0 Å². The van der Waals surface area contributed by atoms with Crippen molar-refractivity contribution < 1.29 is 28.7 Å². The van der Waals surface area contributed by atoms with Crippen LogP contribution in [0, 0.1) is 23.7 Å². The molecule has 224 valence electrons. The molecule has 0 bridgehead atoms. The van der Waals surface area contributed by atoms with Gasteiger partial charge in [-0.1, -0.05) is 48.5 Å². The number of ether oxygens (including phenoxy) is 1. The topological polar surface area (TPSA) is 89.9 Å². The number of aliphatic hydroxyl groups is 1. The van der Waals surface area contributed by atoms with Gasteiger partial charge in [-0.3, -0.25) is 14.4 Å². The molecule has 2 aliphatic rings. The van der Waals surface area contributed by atoms with E-state index in [-0.39, 0.29) is 30.0 Å². The van der Waals surface area contributed by atoms with E-state index in [0.717, 1.165) is 24.7 Å². The molecule has 1 N–H and O–H groups in total. The summed E-state index contributed by atoms with van der Waals surface area (Å²) in [4.78, 5) is 34.9. The molecule has 2 rings (SSSR count). The van der Waals surface area contributed by atoms with Crippen molar-refractivity contribution in [2.45, 2.75) is 132 Å². The van der Waals surface area contributed by atoms with Gasteiger partial charge in [-0.25, -0.2) is 0 Å². The third-order valence-corrected chi connectivity index (χ3v) is 13.7. The van der Waals surface area contributed by atoms with Crippen LogP contribution in [0.25, 0.3) is 0 Å². The molecule has 0 aliphatic heterocycles. The maximum atomic E-state index is 12.1. The molecule has 0 fully saturated rings. The van der Waals surface area contributed by atoms with E-state index in [1.165, 1.54) is 5.57 Å². The van der Waals surface area contributed by atoms with Gasteiger partial charge in [-0.05, 0) is 111 Å². The Morgan fingerprint density at radius 3 is 2.00 bits per heavy atom. The SMILES string of the molecule is CC1=C(C=O)C[C@H](C(C)C)C[C@@H]1O[Si](C)(C)C(C)(C)C.CCOC(=O)CC(=O)C1=C(C)[C@@H](O)C[C@@H](C(C)C)C1. The molecule has 6 nitrogen and oxygen atoms in total. The molecule has 0 amide bonds. The van der Waals surface area contributed by atoms with Gasteiger partial charge in [0, 0.05) is 0 Å². The van der Waals surface area contributed by atoms with Crippen molar-refractivity contribution in [3.63, 3.8) is 0 Å². The number of carbonyl (C=O) groups excluding carboxylic acids is 3. The molecule has 0 spiro atoms. The first-order valence-electron chi connectivity index (χ1n) is 14.7. The largest absolute Gasteiger partial charge is 0.466 e. The van der Waals surface area contributed by atoms with Crippen LogP contribution in [0.5, 0.6) is 0 Å². The average Bonchev–Trinajstić information content (AvgIpc) is 2.81. The van der Waals surface area contributed by atoms with E-state index >= 15 is 0 Å². The van der Waals surface area contributed by atoms with Gasteiger partial charge in [0.15, 0.2) is 14.1 Å². The Balaban J connectivity index is 0.000000391. The van der Waals surface area contributed by atoms with Crippen molar-refractivity contribution in [2.75, 3.05) is 6.61 Å². The lowest BCUT2D eigenvalue weighted by Gasteiger charge is -2.42. The van der Waals surface area contributed by atoms with Crippen LogP contribution >= 0.6 is 0 Å². The predicted molar refractivity (Wildman–Crippen MR) is 161 cm³/mol. The minimum absolute atomic E-state index is 0.136. The number of esters is 1. The molecule has 0 aromatic carbocycles. The molecule has 4 atom stereocenters. The zero-order valence-electron chi connectivity index (χ0n) is 26.8. The fourth-order valence-electron chi connectivity index (χ4n) is 4.97. The van der Waals surface area contributed by atoms with Crippen molar-refractivity contribution in [3.8, 4) is 0 Å². The second kappa shape index (κ2) is 14.9. The molecule has 0 aromatic heterocycles. The number of aliphatic hydroxyl groups excluding tert-OH is 1. The van der Waals surface area contributed by atoms with Crippen LogP contribution in [0.15, 0.2) is 22.3 Å². The first kappa shape index (κ1) is 35.5. The van der Waals surface area contributed by atoms with Gasteiger partial charge in [0.2, 0.25) is 0 Å². The van der Waals surface area contributed by atoms with E-state index in [2.05, 4.69) is 68.5 Å². The van der Waals surface area contributed by atoms with Crippen LogP contribution in [0.2, 0.25) is 18.1 Å². The number of hydrogen-bond acceptors (Lipinski definition) is 6. The number of hydrogen-bond donors (Lipinski definition) is 1. The summed E-state index contributed by atoms with van der Waals surface area (Å²) in [6.45, 7) is 25.9. The third-order valence-electron chi connectivity index (χ3n) is 9.17. The number of rotatable bonds is 9. The molecule has 0 saturated carbocycles. The van der Waals surface area contributed by atoms with Crippen LogP contribution in [-0.2, 0) is 23.5 Å². The monoisotopic (exact) mass is 564 g/mol. The highest BCUT2D eigenvalue weighted by Gasteiger charge is 2.41. The lowest BCUT2D eigenvalue weighted by molar-refractivity contribution is -0.145. The van der Waals surface area contributed by atoms with Crippen molar-refractivity contribution in [1.82, 2.24) is 0 Å². The van der Waals surface area contributed by atoms with E-state index in [1.54, 1.807) is 13.8 Å². The van der Waals surface area contributed by atoms with Gasteiger partial charge >= 0.3 is 5.97 Å². The summed E-state index contributed by atoms with van der Waals surface area (Å²) < 4.78 is 11.4.